The number of rotatable bonds is 2. The lowest BCUT2D eigenvalue weighted by Gasteiger charge is -2.06. The lowest BCUT2D eigenvalue weighted by atomic mass is 10.2. The molecule has 1 aromatic rings. The molecule has 0 radical (unpaired) electrons. The minimum Gasteiger partial charge on any atom is -0.497 e. The van der Waals surface area contributed by atoms with Crippen molar-refractivity contribution in [1.29, 1.82) is 0 Å². The summed E-state index contributed by atoms with van der Waals surface area (Å²) in [7, 11) is 1.37. The Balaban J connectivity index is 3.23. The Morgan fingerprint density at radius 3 is 2.54 bits per heavy atom. The SMILES string of the molecule is C=C(OC)c1cc(Br)c(F)cc1F. The number of halogens is 3. The molecule has 0 saturated carbocycles. The average Bonchev–Trinajstić information content (AvgIpc) is 2.10. The van der Waals surface area contributed by atoms with E-state index in [-0.39, 0.29) is 15.8 Å². The number of hydrogen-bond donors (Lipinski definition) is 0. The summed E-state index contributed by atoms with van der Waals surface area (Å²) in [6, 6.07) is 2.07. The number of ether oxygens (including phenoxy) is 1. The van der Waals surface area contributed by atoms with Crippen molar-refractivity contribution >= 4 is 21.7 Å². The van der Waals surface area contributed by atoms with E-state index in [0.29, 0.717) is 0 Å². The fourth-order valence-electron chi connectivity index (χ4n) is 0.846. The van der Waals surface area contributed by atoms with E-state index < -0.39 is 11.6 Å². The molecule has 0 saturated heterocycles. The third kappa shape index (κ3) is 2.06. The highest BCUT2D eigenvalue weighted by molar-refractivity contribution is 9.10. The summed E-state index contributed by atoms with van der Waals surface area (Å²) < 4.78 is 30.8. The summed E-state index contributed by atoms with van der Waals surface area (Å²) >= 11 is 2.94. The Morgan fingerprint density at radius 1 is 1.38 bits per heavy atom. The van der Waals surface area contributed by atoms with Gasteiger partial charge in [-0.05, 0) is 22.0 Å². The van der Waals surface area contributed by atoms with E-state index >= 15 is 0 Å². The molecule has 0 N–H and O–H groups in total. The van der Waals surface area contributed by atoms with Gasteiger partial charge in [0, 0.05) is 6.07 Å². The zero-order valence-corrected chi connectivity index (χ0v) is 8.49. The summed E-state index contributed by atoms with van der Waals surface area (Å²) in [6.45, 7) is 3.47. The van der Waals surface area contributed by atoms with Crippen molar-refractivity contribution in [3.05, 3.63) is 40.4 Å². The highest BCUT2D eigenvalue weighted by Crippen LogP contribution is 2.24. The maximum atomic E-state index is 13.1. The van der Waals surface area contributed by atoms with Crippen LogP contribution in [-0.4, -0.2) is 7.11 Å². The first-order chi connectivity index (χ1) is 6.06. The molecule has 0 atom stereocenters. The van der Waals surface area contributed by atoms with E-state index in [1.165, 1.54) is 13.2 Å². The molecule has 4 heteroatoms. The fraction of sp³-hybridized carbons (Fsp3) is 0.111. The van der Waals surface area contributed by atoms with Crippen LogP contribution in [0.2, 0.25) is 0 Å². The van der Waals surface area contributed by atoms with Gasteiger partial charge in [0.15, 0.2) is 0 Å². The van der Waals surface area contributed by atoms with Crippen LogP contribution in [-0.2, 0) is 4.74 Å². The van der Waals surface area contributed by atoms with Crippen molar-refractivity contribution in [2.24, 2.45) is 0 Å². The van der Waals surface area contributed by atoms with Crippen LogP contribution in [0.3, 0.4) is 0 Å². The summed E-state index contributed by atoms with van der Waals surface area (Å²) in [5.41, 5.74) is 0.149. The van der Waals surface area contributed by atoms with Gasteiger partial charge in [-0.1, -0.05) is 6.58 Å². The fourth-order valence-corrected chi connectivity index (χ4v) is 1.19. The monoisotopic (exact) mass is 248 g/mol. The van der Waals surface area contributed by atoms with E-state index in [9.17, 15) is 8.78 Å². The largest absolute Gasteiger partial charge is 0.497 e. The van der Waals surface area contributed by atoms with Gasteiger partial charge < -0.3 is 4.74 Å². The van der Waals surface area contributed by atoms with Crippen LogP contribution in [0.5, 0.6) is 0 Å². The first-order valence-electron chi connectivity index (χ1n) is 3.44. The Morgan fingerprint density at radius 2 is 2.00 bits per heavy atom. The maximum absolute atomic E-state index is 13.1. The van der Waals surface area contributed by atoms with E-state index in [4.69, 9.17) is 4.74 Å². The molecule has 1 rings (SSSR count). The van der Waals surface area contributed by atoms with E-state index in [2.05, 4.69) is 22.5 Å². The van der Waals surface area contributed by atoms with Crippen LogP contribution >= 0.6 is 15.9 Å². The van der Waals surface area contributed by atoms with Gasteiger partial charge in [0.05, 0.1) is 17.1 Å². The maximum Gasteiger partial charge on any atom is 0.140 e. The predicted molar refractivity (Wildman–Crippen MR) is 50.1 cm³/mol. The molecule has 0 aliphatic carbocycles. The molecule has 13 heavy (non-hydrogen) atoms. The van der Waals surface area contributed by atoms with Gasteiger partial charge in [-0.3, -0.25) is 0 Å². The van der Waals surface area contributed by atoms with E-state index in [0.717, 1.165) is 6.07 Å². The summed E-state index contributed by atoms with van der Waals surface area (Å²) in [6.07, 6.45) is 0. The second-order valence-electron chi connectivity index (χ2n) is 2.37. The summed E-state index contributed by atoms with van der Waals surface area (Å²) in [5, 5.41) is 0. The van der Waals surface area contributed by atoms with Gasteiger partial charge in [-0.25, -0.2) is 8.78 Å². The van der Waals surface area contributed by atoms with Crippen molar-refractivity contribution < 1.29 is 13.5 Å². The number of hydrogen-bond acceptors (Lipinski definition) is 1. The van der Waals surface area contributed by atoms with Gasteiger partial charge in [-0.15, -0.1) is 0 Å². The van der Waals surface area contributed by atoms with Crippen molar-refractivity contribution in [3.63, 3.8) is 0 Å². The normalized spacial score (nSPS) is 9.85. The molecule has 0 unspecified atom stereocenters. The highest BCUT2D eigenvalue weighted by atomic mass is 79.9. The van der Waals surface area contributed by atoms with Crippen LogP contribution in [0.25, 0.3) is 5.76 Å². The van der Waals surface area contributed by atoms with Crippen LogP contribution < -0.4 is 0 Å². The third-order valence-electron chi connectivity index (χ3n) is 1.56. The molecule has 1 aromatic carbocycles. The topological polar surface area (TPSA) is 9.23 Å². The molecule has 1 nitrogen and oxygen atoms in total. The molecule has 70 valence electrons. The molecule has 0 heterocycles. The first-order valence-corrected chi connectivity index (χ1v) is 4.23. The molecule has 0 amide bonds. The molecule has 0 aromatic heterocycles. The molecule has 0 aliphatic heterocycles. The Kier molecular flexibility index (Phi) is 3.03. The second kappa shape index (κ2) is 3.87. The van der Waals surface area contributed by atoms with Crippen LogP contribution in [0.4, 0.5) is 8.78 Å². The zero-order valence-electron chi connectivity index (χ0n) is 6.90. The van der Waals surface area contributed by atoms with Crippen molar-refractivity contribution in [2.45, 2.75) is 0 Å². The van der Waals surface area contributed by atoms with Gasteiger partial charge in [0.2, 0.25) is 0 Å². The standard InChI is InChI=1S/C9H7BrF2O/c1-5(13-2)6-3-7(10)9(12)4-8(6)11/h3-4H,1H2,2H3. The third-order valence-corrected chi connectivity index (χ3v) is 2.16. The van der Waals surface area contributed by atoms with Crippen LogP contribution in [0, 0.1) is 11.6 Å². The highest BCUT2D eigenvalue weighted by Gasteiger charge is 2.10. The number of methoxy groups -OCH3 is 1. The lowest BCUT2D eigenvalue weighted by molar-refractivity contribution is 0.368. The van der Waals surface area contributed by atoms with E-state index in [1.54, 1.807) is 0 Å². The molecular weight excluding hydrogens is 242 g/mol. The van der Waals surface area contributed by atoms with Crippen molar-refractivity contribution in [2.75, 3.05) is 7.11 Å². The molecule has 0 spiro atoms. The quantitative estimate of drug-likeness (QED) is 0.576. The van der Waals surface area contributed by atoms with Crippen LogP contribution in [0.15, 0.2) is 23.2 Å². The van der Waals surface area contributed by atoms with E-state index in [1.807, 2.05) is 0 Å². The van der Waals surface area contributed by atoms with Gasteiger partial charge >= 0.3 is 0 Å². The molecular formula is C9H7BrF2O. The summed E-state index contributed by atoms with van der Waals surface area (Å²) in [5.74, 6) is -1.17. The van der Waals surface area contributed by atoms with Gasteiger partial charge in [0.1, 0.15) is 17.4 Å². The Hall–Kier alpha value is -0.900. The van der Waals surface area contributed by atoms with Crippen molar-refractivity contribution in [3.8, 4) is 0 Å². The molecule has 0 aliphatic rings. The minimum absolute atomic E-state index is 0.149. The smallest absolute Gasteiger partial charge is 0.140 e. The average molecular weight is 249 g/mol. The van der Waals surface area contributed by atoms with Gasteiger partial charge in [-0.2, -0.15) is 0 Å². The lowest BCUT2D eigenvalue weighted by Crippen LogP contribution is -1.93. The minimum atomic E-state index is -0.687. The van der Waals surface area contributed by atoms with Crippen molar-refractivity contribution in [1.82, 2.24) is 0 Å². The molecule has 0 bridgehead atoms. The Bertz CT molecular complexity index is 350. The van der Waals surface area contributed by atoms with Gasteiger partial charge in [0.25, 0.3) is 0 Å². The summed E-state index contributed by atoms with van der Waals surface area (Å²) in [4.78, 5) is 0. The first kappa shape index (κ1) is 10.2. The Labute approximate surface area is 83.1 Å². The predicted octanol–water partition coefficient (Wildman–Crippen LogP) is 3.34. The van der Waals surface area contributed by atoms with Crippen LogP contribution in [0.1, 0.15) is 5.56 Å². The second-order valence-corrected chi connectivity index (χ2v) is 3.23. The molecule has 0 fully saturated rings. The number of benzene rings is 1. The zero-order chi connectivity index (χ0) is 10.0.